The molecule has 1 saturated carbocycles. The Morgan fingerprint density at radius 3 is 2.00 bits per heavy atom. The average molecular weight is 378 g/mol. The molecule has 4 rings (SSSR count). The molecule has 1 heterocycles. The molecule has 2 aromatic carbocycles. The zero-order chi connectivity index (χ0) is 19.9. The molecule has 0 spiro atoms. The van der Waals surface area contributed by atoms with Crippen LogP contribution in [-0.4, -0.2) is 27.3 Å². The highest BCUT2D eigenvalue weighted by Gasteiger charge is 2.51. The van der Waals surface area contributed by atoms with Crippen molar-refractivity contribution in [3.05, 3.63) is 60.0 Å². The summed E-state index contributed by atoms with van der Waals surface area (Å²) in [6.45, 7) is 1.65. The van der Waals surface area contributed by atoms with Gasteiger partial charge in [0, 0.05) is 12.5 Å². The smallest absolute Gasteiger partial charge is 0.411 e. The Bertz CT molecular complexity index is 1050. The van der Waals surface area contributed by atoms with E-state index in [1.807, 2.05) is 48.5 Å². The maximum absolute atomic E-state index is 11.5. The second kappa shape index (κ2) is 6.53. The standard InChI is InChI=1S/C21H18N2O5/c1-12-22-17(18(28-12)23-20(26)27)15-4-2-13(3-5-15)14-6-8-16(9-7-14)21(10-11-21)19(24)25/h2-9,23H,10-11H2,1H3,(H,24,25)(H,26,27). The topological polar surface area (TPSA) is 113 Å². The maximum atomic E-state index is 11.5. The predicted molar refractivity (Wildman–Crippen MR) is 102 cm³/mol. The summed E-state index contributed by atoms with van der Waals surface area (Å²) in [4.78, 5) is 26.6. The van der Waals surface area contributed by atoms with E-state index in [0.717, 1.165) is 22.3 Å². The van der Waals surface area contributed by atoms with Crippen LogP contribution in [0, 0.1) is 6.92 Å². The van der Waals surface area contributed by atoms with Gasteiger partial charge in [0.05, 0.1) is 5.41 Å². The highest BCUT2D eigenvalue weighted by molar-refractivity contribution is 5.87. The minimum atomic E-state index is -1.22. The van der Waals surface area contributed by atoms with E-state index in [1.54, 1.807) is 6.92 Å². The van der Waals surface area contributed by atoms with Crippen molar-refractivity contribution >= 4 is 17.9 Å². The molecule has 0 unspecified atom stereocenters. The van der Waals surface area contributed by atoms with Crippen LogP contribution in [0.1, 0.15) is 24.3 Å². The van der Waals surface area contributed by atoms with Crippen molar-refractivity contribution in [1.82, 2.24) is 4.98 Å². The minimum absolute atomic E-state index is 0.0884. The Balaban J connectivity index is 1.59. The van der Waals surface area contributed by atoms with Crippen LogP contribution >= 0.6 is 0 Å². The number of benzene rings is 2. The van der Waals surface area contributed by atoms with Gasteiger partial charge in [-0.25, -0.2) is 9.78 Å². The summed E-state index contributed by atoms with van der Waals surface area (Å²) in [6, 6.07) is 15.1. The number of carboxylic acids is 1. The van der Waals surface area contributed by atoms with Crippen molar-refractivity contribution in [1.29, 1.82) is 0 Å². The van der Waals surface area contributed by atoms with Gasteiger partial charge in [0.15, 0.2) is 5.89 Å². The zero-order valence-electron chi connectivity index (χ0n) is 15.1. The van der Waals surface area contributed by atoms with E-state index in [0.29, 0.717) is 24.4 Å². The lowest BCUT2D eigenvalue weighted by Crippen LogP contribution is -2.19. The quantitative estimate of drug-likeness (QED) is 0.601. The molecule has 0 atom stereocenters. The highest BCUT2D eigenvalue weighted by Crippen LogP contribution is 2.48. The fraction of sp³-hybridized carbons (Fsp3) is 0.190. The van der Waals surface area contributed by atoms with Crippen LogP contribution in [0.2, 0.25) is 0 Å². The van der Waals surface area contributed by atoms with E-state index in [-0.39, 0.29) is 5.88 Å². The van der Waals surface area contributed by atoms with E-state index in [9.17, 15) is 14.7 Å². The first-order valence-corrected chi connectivity index (χ1v) is 8.81. The molecule has 0 radical (unpaired) electrons. The molecule has 7 nitrogen and oxygen atoms in total. The van der Waals surface area contributed by atoms with Crippen molar-refractivity contribution in [2.45, 2.75) is 25.2 Å². The lowest BCUT2D eigenvalue weighted by atomic mass is 9.93. The Morgan fingerprint density at radius 2 is 1.50 bits per heavy atom. The van der Waals surface area contributed by atoms with Crippen LogP contribution in [0.3, 0.4) is 0 Å². The Morgan fingerprint density at radius 1 is 0.964 bits per heavy atom. The molecule has 1 aliphatic rings. The number of carboxylic acid groups (broad SMARTS) is 2. The van der Waals surface area contributed by atoms with Gasteiger partial charge in [0.1, 0.15) is 5.69 Å². The number of aromatic nitrogens is 1. The fourth-order valence-electron chi connectivity index (χ4n) is 3.36. The van der Waals surface area contributed by atoms with E-state index >= 15 is 0 Å². The molecule has 7 heteroatoms. The lowest BCUT2D eigenvalue weighted by Gasteiger charge is -2.11. The molecular weight excluding hydrogens is 360 g/mol. The monoisotopic (exact) mass is 378 g/mol. The Labute approximate surface area is 160 Å². The first-order chi connectivity index (χ1) is 13.4. The van der Waals surface area contributed by atoms with Crippen LogP contribution in [0.15, 0.2) is 52.9 Å². The van der Waals surface area contributed by atoms with Crippen molar-refractivity contribution in [3.63, 3.8) is 0 Å². The van der Waals surface area contributed by atoms with Crippen LogP contribution < -0.4 is 5.32 Å². The molecule has 142 valence electrons. The summed E-state index contributed by atoms with van der Waals surface area (Å²) in [5, 5.41) is 20.5. The third-order valence-corrected chi connectivity index (χ3v) is 5.04. The maximum Gasteiger partial charge on any atom is 0.411 e. The molecule has 1 aliphatic carbocycles. The van der Waals surface area contributed by atoms with Gasteiger partial charge in [-0.3, -0.25) is 10.1 Å². The van der Waals surface area contributed by atoms with Gasteiger partial charge in [0.25, 0.3) is 0 Å². The van der Waals surface area contributed by atoms with Gasteiger partial charge in [-0.05, 0) is 29.5 Å². The minimum Gasteiger partial charge on any atom is -0.481 e. The second-order valence-corrected chi connectivity index (χ2v) is 6.88. The van der Waals surface area contributed by atoms with Gasteiger partial charge in [-0.1, -0.05) is 48.5 Å². The summed E-state index contributed by atoms with van der Waals surface area (Å²) >= 11 is 0. The molecular formula is C21H18N2O5. The third kappa shape index (κ3) is 3.11. The highest BCUT2D eigenvalue weighted by atomic mass is 16.4. The summed E-state index contributed by atoms with van der Waals surface area (Å²) in [7, 11) is 0. The van der Waals surface area contributed by atoms with Crippen molar-refractivity contribution < 1.29 is 24.2 Å². The largest absolute Gasteiger partial charge is 0.481 e. The average Bonchev–Trinajstić information content (AvgIpc) is 3.41. The van der Waals surface area contributed by atoms with Gasteiger partial charge in [-0.2, -0.15) is 0 Å². The zero-order valence-corrected chi connectivity index (χ0v) is 15.1. The number of anilines is 1. The number of hydrogen-bond donors (Lipinski definition) is 3. The van der Waals surface area contributed by atoms with Crippen LogP contribution in [0.4, 0.5) is 10.7 Å². The van der Waals surface area contributed by atoms with Gasteiger partial charge in [-0.15, -0.1) is 0 Å². The van der Waals surface area contributed by atoms with Crippen molar-refractivity contribution in [2.75, 3.05) is 5.32 Å². The molecule has 1 aromatic heterocycles. The SMILES string of the molecule is Cc1nc(-c2ccc(-c3ccc(C4(C(=O)O)CC4)cc3)cc2)c(NC(=O)O)o1. The molecule has 3 N–H and O–H groups in total. The summed E-state index contributed by atoms with van der Waals surface area (Å²) in [6.07, 6.45) is 0.143. The van der Waals surface area contributed by atoms with E-state index in [1.165, 1.54) is 0 Å². The summed E-state index contributed by atoms with van der Waals surface area (Å²) in [5.41, 5.74) is 3.21. The number of carbonyl (C=O) groups is 2. The number of amides is 1. The molecule has 28 heavy (non-hydrogen) atoms. The molecule has 3 aromatic rings. The van der Waals surface area contributed by atoms with Crippen molar-refractivity contribution in [2.24, 2.45) is 0 Å². The Kier molecular flexibility index (Phi) is 4.15. The van der Waals surface area contributed by atoms with Crippen molar-refractivity contribution in [3.8, 4) is 22.4 Å². The normalized spacial score (nSPS) is 14.5. The predicted octanol–water partition coefficient (Wildman–Crippen LogP) is 4.52. The first kappa shape index (κ1) is 17.8. The Hall–Kier alpha value is -3.61. The number of rotatable bonds is 5. The number of nitrogens with zero attached hydrogens (tertiary/aromatic N) is 1. The van der Waals surface area contributed by atoms with Crippen LogP contribution in [-0.2, 0) is 10.2 Å². The van der Waals surface area contributed by atoms with Gasteiger partial charge < -0.3 is 14.6 Å². The summed E-state index contributed by atoms with van der Waals surface area (Å²) in [5.74, 6) is -0.311. The number of aryl methyl sites for hydroxylation is 1. The van der Waals surface area contributed by atoms with E-state index in [2.05, 4.69) is 10.3 Å². The molecule has 0 saturated heterocycles. The number of hydrogen-bond acceptors (Lipinski definition) is 4. The third-order valence-electron chi connectivity index (χ3n) is 5.04. The number of oxazole rings is 1. The molecule has 0 bridgehead atoms. The number of aliphatic carboxylic acids is 1. The molecule has 0 aliphatic heterocycles. The van der Waals surface area contributed by atoms with Gasteiger partial charge >= 0.3 is 12.1 Å². The van der Waals surface area contributed by atoms with Gasteiger partial charge in [0.2, 0.25) is 5.88 Å². The lowest BCUT2D eigenvalue weighted by molar-refractivity contribution is -0.140. The van der Waals surface area contributed by atoms with Crippen LogP contribution in [0.25, 0.3) is 22.4 Å². The fourth-order valence-corrected chi connectivity index (χ4v) is 3.36. The van der Waals surface area contributed by atoms with E-state index in [4.69, 9.17) is 9.52 Å². The first-order valence-electron chi connectivity index (χ1n) is 8.81. The van der Waals surface area contributed by atoms with Crippen LogP contribution in [0.5, 0.6) is 0 Å². The van der Waals surface area contributed by atoms with E-state index < -0.39 is 17.5 Å². The second-order valence-electron chi connectivity index (χ2n) is 6.88. The number of nitrogens with one attached hydrogen (secondary N) is 1. The molecule has 1 fully saturated rings. The summed E-state index contributed by atoms with van der Waals surface area (Å²) < 4.78 is 5.31. The molecule has 1 amide bonds.